The lowest BCUT2D eigenvalue weighted by molar-refractivity contribution is 1.73. The lowest BCUT2D eigenvalue weighted by Crippen LogP contribution is -1.76. The van der Waals surface area contributed by atoms with Crippen molar-refractivity contribution < 1.29 is 0 Å². The molecule has 0 nitrogen and oxygen atoms in total. The molecule has 1 aliphatic rings. The molecule has 0 spiro atoms. The number of thioether (sulfide) groups is 2. The van der Waals surface area contributed by atoms with Crippen molar-refractivity contribution in [3.05, 3.63) is 34.5 Å². The summed E-state index contributed by atoms with van der Waals surface area (Å²) >= 11 is 3.54. The predicted molar refractivity (Wildman–Crippen MR) is 47.5 cm³/mol. The number of rotatable bonds is 2. The van der Waals surface area contributed by atoms with Gasteiger partial charge in [0.05, 0.1) is 0 Å². The van der Waals surface area contributed by atoms with Gasteiger partial charge < -0.3 is 0 Å². The van der Waals surface area contributed by atoms with Gasteiger partial charge in [0.15, 0.2) is 0 Å². The van der Waals surface area contributed by atoms with Gasteiger partial charge in [-0.05, 0) is 11.5 Å². The van der Waals surface area contributed by atoms with Crippen molar-refractivity contribution in [1.82, 2.24) is 0 Å². The first-order chi connectivity index (χ1) is 4.43. The predicted octanol–water partition coefficient (Wildman–Crippen LogP) is 3.01. The van der Waals surface area contributed by atoms with Crippen molar-refractivity contribution in [2.45, 2.75) is 0 Å². The van der Waals surface area contributed by atoms with E-state index in [0.717, 1.165) is 5.75 Å². The molecule has 0 atom stereocenters. The first-order valence-corrected chi connectivity index (χ1v) is 4.57. The third-order valence-corrected chi connectivity index (χ3v) is 2.85. The van der Waals surface area contributed by atoms with E-state index in [0.29, 0.717) is 0 Å². The van der Waals surface area contributed by atoms with E-state index in [1.165, 1.54) is 4.24 Å². The highest BCUT2D eigenvalue weighted by Gasteiger charge is 1.96. The van der Waals surface area contributed by atoms with Crippen molar-refractivity contribution in [3.8, 4) is 0 Å². The Balaban J connectivity index is 2.47. The molecular weight excluding hydrogens is 148 g/mol. The van der Waals surface area contributed by atoms with E-state index < -0.39 is 0 Å². The van der Waals surface area contributed by atoms with Gasteiger partial charge in [0, 0.05) is 9.99 Å². The highest BCUT2D eigenvalue weighted by atomic mass is 32.2. The number of hydrogen-bond donors (Lipinski definition) is 0. The molecule has 0 aromatic rings. The maximum atomic E-state index is 3.64. The highest BCUT2D eigenvalue weighted by Crippen LogP contribution is 2.30. The van der Waals surface area contributed by atoms with Gasteiger partial charge in [-0.2, -0.15) is 0 Å². The van der Waals surface area contributed by atoms with Crippen LogP contribution in [-0.2, 0) is 0 Å². The van der Waals surface area contributed by atoms with Crippen molar-refractivity contribution >= 4 is 23.5 Å². The molecule has 0 aromatic carbocycles. The third kappa shape index (κ3) is 2.33. The van der Waals surface area contributed by atoms with Crippen LogP contribution in [0.1, 0.15) is 0 Å². The first kappa shape index (κ1) is 7.03. The summed E-state index contributed by atoms with van der Waals surface area (Å²) in [4.78, 5) is 0. The molecule has 2 heteroatoms. The van der Waals surface area contributed by atoms with Crippen LogP contribution in [0.5, 0.6) is 0 Å². The van der Waals surface area contributed by atoms with Gasteiger partial charge in [0.2, 0.25) is 0 Å². The largest absolute Gasteiger partial charge is 0.115 e. The van der Waals surface area contributed by atoms with E-state index in [2.05, 4.69) is 24.8 Å². The normalized spacial score (nSPS) is 17.1. The molecule has 48 valence electrons. The molecule has 1 aliphatic heterocycles. The second-order valence-corrected chi connectivity index (χ2v) is 3.84. The molecule has 0 saturated carbocycles. The molecule has 0 radical (unpaired) electrons. The summed E-state index contributed by atoms with van der Waals surface area (Å²) in [5.74, 6) is 1.10. The van der Waals surface area contributed by atoms with E-state index in [4.69, 9.17) is 0 Å². The maximum absolute atomic E-state index is 3.64. The molecule has 0 N–H and O–H groups in total. The van der Waals surface area contributed by atoms with Gasteiger partial charge in [-0.3, -0.25) is 0 Å². The minimum absolute atomic E-state index is 1.10. The van der Waals surface area contributed by atoms with Gasteiger partial charge in [0.25, 0.3) is 0 Å². The Morgan fingerprint density at radius 1 is 1.78 bits per heavy atom. The average molecular weight is 156 g/mol. The minimum Gasteiger partial charge on any atom is -0.115 e. The quantitative estimate of drug-likeness (QED) is 0.602. The SMILES string of the molecule is C=CSC1=CC=CCS1. The summed E-state index contributed by atoms with van der Waals surface area (Å²) in [6, 6.07) is 0. The molecule has 0 unspecified atom stereocenters. The Kier molecular flexibility index (Phi) is 3.01. The van der Waals surface area contributed by atoms with Crippen molar-refractivity contribution in [2.24, 2.45) is 0 Å². The minimum atomic E-state index is 1.10. The molecular formula is C7H8S2. The summed E-state index contributed by atoms with van der Waals surface area (Å²) in [6.07, 6.45) is 6.35. The summed E-state index contributed by atoms with van der Waals surface area (Å²) in [7, 11) is 0. The summed E-state index contributed by atoms with van der Waals surface area (Å²) in [6.45, 7) is 3.64. The van der Waals surface area contributed by atoms with Gasteiger partial charge >= 0.3 is 0 Å². The fourth-order valence-corrected chi connectivity index (χ4v) is 2.08. The molecule has 1 heterocycles. The van der Waals surface area contributed by atoms with E-state index in [1.807, 2.05) is 17.2 Å². The zero-order valence-corrected chi connectivity index (χ0v) is 6.67. The lowest BCUT2D eigenvalue weighted by atomic mass is 10.5. The van der Waals surface area contributed by atoms with E-state index in [9.17, 15) is 0 Å². The van der Waals surface area contributed by atoms with Crippen LogP contribution in [-0.4, -0.2) is 5.75 Å². The molecule has 0 amide bonds. The van der Waals surface area contributed by atoms with Crippen LogP contribution in [0.25, 0.3) is 0 Å². The van der Waals surface area contributed by atoms with Crippen molar-refractivity contribution in [1.29, 1.82) is 0 Å². The summed E-state index contributed by atoms with van der Waals surface area (Å²) in [5, 5.41) is 1.86. The van der Waals surface area contributed by atoms with Crippen LogP contribution in [0.2, 0.25) is 0 Å². The monoisotopic (exact) mass is 156 g/mol. The van der Waals surface area contributed by atoms with Crippen molar-refractivity contribution in [3.63, 3.8) is 0 Å². The smallest absolute Gasteiger partial charge is 0.0446 e. The fourth-order valence-electron chi connectivity index (χ4n) is 0.536. The van der Waals surface area contributed by atoms with Crippen LogP contribution in [0, 0.1) is 0 Å². The summed E-state index contributed by atoms with van der Waals surface area (Å²) in [5.41, 5.74) is 0. The maximum Gasteiger partial charge on any atom is 0.0446 e. The van der Waals surface area contributed by atoms with Crippen molar-refractivity contribution in [2.75, 3.05) is 5.75 Å². The topological polar surface area (TPSA) is 0 Å². The molecule has 9 heavy (non-hydrogen) atoms. The van der Waals surface area contributed by atoms with Gasteiger partial charge in [0.1, 0.15) is 0 Å². The van der Waals surface area contributed by atoms with Gasteiger partial charge in [-0.15, -0.1) is 11.8 Å². The molecule has 0 aliphatic carbocycles. The Labute approximate surface area is 64.1 Å². The summed E-state index contributed by atoms with van der Waals surface area (Å²) < 4.78 is 1.34. The van der Waals surface area contributed by atoms with E-state index in [-0.39, 0.29) is 0 Å². The van der Waals surface area contributed by atoms with Crippen LogP contribution >= 0.6 is 23.5 Å². The zero-order chi connectivity index (χ0) is 6.53. The molecule has 0 fully saturated rings. The standard InChI is InChI=1S/C7H8S2/c1-2-8-7-5-3-4-6-9-7/h2-5H,1,6H2. The molecule has 0 aromatic heterocycles. The van der Waals surface area contributed by atoms with Crippen LogP contribution < -0.4 is 0 Å². The Bertz CT molecular complexity index is 156. The first-order valence-electron chi connectivity index (χ1n) is 2.70. The molecule has 0 saturated heterocycles. The second-order valence-electron chi connectivity index (χ2n) is 1.51. The second kappa shape index (κ2) is 3.85. The Morgan fingerprint density at radius 2 is 2.67 bits per heavy atom. The third-order valence-electron chi connectivity index (χ3n) is 0.890. The number of allylic oxidation sites excluding steroid dienone is 2. The average Bonchev–Trinajstić information content (AvgIpc) is 1.91. The van der Waals surface area contributed by atoms with E-state index in [1.54, 1.807) is 11.8 Å². The Hall–Kier alpha value is -0.0800. The molecule has 0 bridgehead atoms. The molecule has 1 rings (SSSR count). The van der Waals surface area contributed by atoms with E-state index >= 15 is 0 Å². The van der Waals surface area contributed by atoms with Crippen LogP contribution in [0.15, 0.2) is 34.5 Å². The lowest BCUT2D eigenvalue weighted by Gasteiger charge is -2.02. The van der Waals surface area contributed by atoms with Gasteiger partial charge in [-0.1, -0.05) is 30.5 Å². The zero-order valence-electron chi connectivity index (χ0n) is 5.04. The fraction of sp³-hybridized carbons (Fsp3) is 0.143. The highest BCUT2D eigenvalue weighted by molar-refractivity contribution is 8.23. The van der Waals surface area contributed by atoms with Gasteiger partial charge in [-0.25, -0.2) is 0 Å². The van der Waals surface area contributed by atoms with Crippen LogP contribution in [0.3, 0.4) is 0 Å². The Morgan fingerprint density at radius 3 is 3.22 bits per heavy atom. The van der Waals surface area contributed by atoms with Crippen LogP contribution in [0.4, 0.5) is 0 Å². The number of hydrogen-bond acceptors (Lipinski definition) is 2.